The van der Waals surface area contributed by atoms with E-state index in [0.717, 1.165) is 19.4 Å². The van der Waals surface area contributed by atoms with E-state index in [4.69, 9.17) is 0 Å². The van der Waals surface area contributed by atoms with Crippen LogP contribution in [0, 0.1) is 0 Å². The van der Waals surface area contributed by atoms with Gasteiger partial charge < -0.3 is 5.32 Å². The predicted octanol–water partition coefficient (Wildman–Crippen LogP) is 4.75. The molecule has 0 saturated heterocycles. The lowest BCUT2D eigenvalue weighted by molar-refractivity contribution is 0.509. The van der Waals surface area contributed by atoms with Gasteiger partial charge in [-0.05, 0) is 59.7 Å². The van der Waals surface area contributed by atoms with Crippen molar-refractivity contribution < 1.29 is 0 Å². The van der Waals surface area contributed by atoms with Crippen LogP contribution in [0.4, 0.5) is 0 Å². The molecule has 0 saturated carbocycles. The fourth-order valence-electron chi connectivity index (χ4n) is 2.31. The summed E-state index contributed by atoms with van der Waals surface area (Å²) in [4.78, 5) is 1.39. The van der Waals surface area contributed by atoms with Crippen LogP contribution in [0.25, 0.3) is 0 Å². The molecule has 1 atom stereocenters. The summed E-state index contributed by atoms with van der Waals surface area (Å²) in [6, 6.07) is 11.4. The van der Waals surface area contributed by atoms with Gasteiger partial charge in [-0.15, -0.1) is 11.8 Å². The van der Waals surface area contributed by atoms with Gasteiger partial charge in [-0.3, -0.25) is 0 Å². The van der Waals surface area contributed by atoms with Gasteiger partial charge >= 0.3 is 0 Å². The highest BCUT2D eigenvalue weighted by Gasteiger charge is 2.13. The number of thioether (sulfide) groups is 1. The molecule has 3 heteroatoms. The van der Waals surface area contributed by atoms with Crippen LogP contribution in [0.5, 0.6) is 0 Å². The first-order valence-electron chi connectivity index (χ1n) is 6.72. The minimum atomic E-state index is 0.452. The van der Waals surface area contributed by atoms with Gasteiger partial charge in [-0.2, -0.15) is 11.3 Å². The lowest BCUT2D eigenvalue weighted by atomic mass is 10.00. The molecule has 0 bridgehead atoms. The second-order valence-electron chi connectivity index (χ2n) is 4.52. The molecule has 0 amide bonds. The van der Waals surface area contributed by atoms with Crippen molar-refractivity contribution in [1.82, 2.24) is 5.32 Å². The van der Waals surface area contributed by atoms with Crippen molar-refractivity contribution in [3.63, 3.8) is 0 Å². The quantitative estimate of drug-likeness (QED) is 0.739. The monoisotopic (exact) mass is 291 g/mol. The molecule has 2 aromatic rings. The highest BCUT2D eigenvalue weighted by atomic mass is 32.2. The average molecular weight is 291 g/mol. The molecule has 1 N–H and O–H groups in total. The molecule has 1 heterocycles. The van der Waals surface area contributed by atoms with Gasteiger partial charge in [-0.25, -0.2) is 0 Å². The van der Waals surface area contributed by atoms with Gasteiger partial charge in [0.2, 0.25) is 0 Å². The number of nitrogens with one attached hydrogen (secondary N) is 1. The Morgan fingerprint density at radius 1 is 1.26 bits per heavy atom. The summed E-state index contributed by atoms with van der Waals surface area (Å²) in [6.45, 7) is 3.19. The van der Waals surface area contributed by atoms with E-state index >= 15 is 0 Å². The standard InChI is InChI=1S/C16H21NS2/c1-3-17-15(9-8-13-10-11-19-12-13)14-6-4-5-7-16(14)18-2/h4-7,10-12,15,17H,3,8-9H2,1-2H3. The summed E-state index contributed by atoms with van der Waals surface area (Å²) in [5.74, 6) is 0. The average Bonchev–Trinajstić information content (AvgIpc) is 2.96. The fourth-order valence-corrected chi connectivity index (χ4v) is 3.68. The summed E-state index contributed by atoms with van der Waals surface area (Å²) in [5, 5.41) is 8.04. The summed E-state index contributed by atoms with van der Waals surface area (Å²) in [7, 11) is 0. The molecule has 0 radical (unpaired) electrons. The number of thiophene rings is 1. The Balaban J connectivity index is 2.10. The van der Waals surface area contributed by atoms with E-state index in [1.807, 2.05) is 11.8 Å². The van der Waals surface area contributed by atoms with Crippen LogP contribution >= 0.6 is 23.1 Å². The van der Waals surface area contributed by atoms with E-state index in [1.54, 1.807) is 11.3 Å². The maximum Gasteiger partial charge on any atom is 0.0334 e. The van der Waals surface area contributed by atoms with Crippen molar-refractivity contribution in [2.45, 2.75) is 30.7 Å². The van der Waals surface area contributed by atoms with Crippen LogP contribution < -0.4 is 5.32 Å². The molecule has 1 aromatic heterocycles. The number of aryl methyl sites for hydroxylation is 1. The Hall–Kier alpha value is -0.770. The van der Waals surface area contributed by atoms with E-state index in [-0.39, 0.29) is 0 Å². The number of benzene rings is 1. The molecule has 0 aliphatic rings. The van der Waals surface area contributed by atoms with Crippen LogP contribution in [0.2, 0.25) is 0 Å². The first-order valence-corrected chi connectivity index (χ1v) is 8.89. The molecule has 1 unspecified atom stereocenters. The van der Waals surface area contributed by atoms with Crippen LogP contribution in [-0.2, 0) is 6.42 Å². The Morgan fingerprint density at radius 2 is 2.11 bits per heavy atom. The summed E-state index contributed by atoms with van der Waals surface area (Å²) in [6.07, 6.45) is 4.45. The van der Waals surface area contributed by atoms with E-state index in [1.165, 1.54) is 16.0 Å². The SMILES string of the molecule is CCNC(CCc1ccsc1)c1ccccc1SC. The fraction of sp³-hybridized carbons (Fsp3) is 0.375. The van der Waals surface area contributed by atoms with E-state index in [2.05, 4.69) is 59.6 Å². The largest absolute Gasteiger partial charge is 0.310 e. The molecule has 2 rings (SSSR count). The minimum absolute atomic E-state index is 0.452. The van der Waals surface area contributed by atoms with Crippen molar-refractivity contribution in [1.29, 1.82) is 0 Å². The van der Waals surface area contributed by atoms with Crippen molar-refractivity contribution in [2.24, 2.45) is 0 Å². The second kappa shape index (κ2) is 7.73. The summed E-state index contributed by atoms with van der Waals surface area (Å²) < 4.78 is 0. The first kappa shape index (κ1) is 14.6. The maximum absolute atomic E-state index is 3.63. The lowest BCUT2D eigenvalue weighted by Crippen LogP contribution is -2.22. The molecule has 0 spiro atoms. The smallest absolute Gasteiger partial charge is 0.0334 e. The summed E-state index contributed by atoms with van der Waals surface area (Å²) >= 11 is 3.62. The maximum atomic E-state index is 3.63. The molecule has 19 heavy (non-hydrogen) atoms. The van der Waals surface area contributed by atoms with E-state index in [9.17, 15) is 0 Å². The van der Waals surface area contributed by atoms with Gasteiger partial charge in [-0.1, -0.05) is 25.1 Å². The Bertz CT molecular complexity index is 479. The van der Waals surface area contributed by atoms with Crippen LogP contribution in [0.3, 0.4) is 0 Å². The molecule has 102 valence electrons. The summed E-state index contributed by atoms with van der Waals surface area (Å²) in [5.41, 5.74) is 2.89. The zero-order chi connectivity index (χ0) is 13.5. The zero-order valence-electron chi connectivity index (χ0n) is 11.6. The van der Waals surface area contributed by atoms with Crippen LogP contribution in [0.15, 0.2) is 46.0 Å². The van der Waals surface area contributed by atoms with Crippen LogP contribution in [-0.4, -0.2) is 12.8 Å². The third-order valence-corrected chi connectivity index (χ3v) is 4.81. The predicted molar refractivity (Wildman–Crippen MR) is 87.3 cm³/mol. The van der Waals surface area contributed by atoms with Crippen molar-refractivity contribution in [3.05, 3.63) is 52.2 Å². The Kier molecular flexibility index (Phi) is 5.95. The normalized spacial score (nSPS) is 12.5. The third-order valence-electron chi connectivity index (χ3n) is 3.27. The Labute approximate surface area is 124 Å². The van der Waals surface area contributed by atoms with Crippen molar-refractivity contribution in [2.75, 3.05) is 12.8 Å². The second-order valence-corrected chi connectivity index (χ2v) is 6.15. The molecule has 1 aromatic carbocycles. The number of hydrogen-bond donors (Lipinski definition) is 1. The third kappa shape index (κ3) is 4.10. The number of hydrogen-bond acceptors (Lipinski definition) is 3. The van der Waals surface area contributed by atoms with Gasteiger partial charge in [0.15, 0.2) is 0 Å². The highest BCUT2D eigenvalue weighted by molar-refractivity contribution is 7.98. The van der Waals surface area contributed by atoms with Gasteiger partial charge in [0, 0.05) is 10.9 Å². The molecule has 0 fully saturated rings. The number of rotatable bonds is 7. The van der Waals surface area contributed by atoms with Gasteiger partial charge in [0.05, 0.1) is 0 Å². The highest BCUT2D eigenvalue weighted by Crippen LogP contribution is 2.28. The zero-order valence-corrected chi connectivity index (χ0v) is 13.2. The van der Waals surface area contributed by atoms with Gasteiger partial charge in [0.1, 0.15) is 0 Å². The first-order chi connectivity index (χ1) is 9.35. The minimum Gasteiger partial charge on any atom is -0.310 e. The molecule has 0 aliphatic carbocycles. The molecular weight excluding hydrogens is 270 g/mol. The van der Waals surface area contributed by atoms with Gasteiger partial charge in [0.25, 0.3) is 0 Å². The van der Waals surface area contributed by atoms with E-state index in [0.29, 0.717) is 6.04 Å². The van der Waals surface area contributed by atoms with Crippen LogP contribution in [0.1, 0.15) is 30.5 Å². The van der Waals surface area contributed by atoms with Crippen molar-refractivity contribution >= 4 is 23.1 Å². The molecular formula is C16H21NS2. The topological polar surface area (TPSA) is 12.0 Å². The Morgan fingerprint density at radius 3 is 2.79 bits per heavy atom. The van der Waals surface area contributed by atoms with Crippen molar-refractivity contribution in [3.8, 4) is 0 Å². The molecule has 1 nitrogen and oxygen atoms in total. The van der Waals surface area contributed by atoms with E-state index < -0.39 is 0 Å². The molecule has 0 aliphatic heterocycles. The lowest BCUT2D eigenvalue weighted by Gasteiger charge is -2.20.